The van der Waals surface area contributed by atoms with Crippen molar-refractivity contribution in [3.63, 3.8) is 0 Å². The number of fused-ring (bicyclic) bond motifs is 2. The Morgan fingerprint density at radius 1 is 1.29 bits per heavy atom. The minimum Gasteiger partial charge on any atom is -0.370 e. The van der Waals surface area contributed by atoms with E-state index >= 15 is 0 Å². The van der Waals surface area contributed by atoms with Gasteiger partial charge in [0.2, 0.25) is 0 Å². The van der Waals surface area contributed by atoms with Gasteiger partial charge >= 0.3 is 0 Å². The first-order valence-corrected chi connectivity index (χ1v) is 9.26. The molecule has 0 atom stereocenters. The van der Waals surface area contributed by atoms with Crippen molar-refractivity contribution in [2.45, 2.75) is 33.6 Å². The van der Waals surface area contributed by atoms with Gasteiger partial charge in [-0.1, -0.05) is 11.8 Å². The fourth-order valence-electron chi connectivity index (χ4n) is 3.13. The molecular formula is C17H22N6S. The lowest BCUT2D eigenvalue weighted by atomic mass is 10.2. The number of rotatable bonds is 4. The zero-order valence-electron chi connectivity index (χ0n) is 14.3. The molecular weight excluding hydrogens is 320 g/mol. The van der Waals surface area contributed by atoms with E-state index in [2.05, 4.69) is 43.7 Å². The minimum atomic E-state index is 0.868. The summed E-state index contributed by atoms with van der Waals surface area (Å²) in [5, 5.41) is 11.5. The topological polar surface area (TPSA) is 57.8 Å². The first-order valence-electron chi connectivity index (χ1n) is 8.38. The first kappa shape index (κ1) is 15.5. The third-order valence-corrected chi connectivity index (χ3v) is 5.49. The van der Waals surface area contributed by atoms with Crippen molar-refractivity contribution >= 4 is 28.4 Å². The molecule has 0 aromatic carbocycles. The third-order valence-electron chi connectivity index (χ3n) is 4.54. The van der Waals surface area contributed by atoms with Gasteiger partial charge in [0.05, 0.1) is 5.69 Å². The Labute approximate surface area is 146 Å². The van der Waals surface area contributed by atoms with Crippen molar-refractivity contribution in [2.24, 2.45) is 4.99 Å². The number of hydrogen-bond donors (Lipinski definition) is 1. The Balaban J connectivity index is 1.49. The number of aromatic nitrogens is 3. The van der Waals surface area contributed by atoms with E-state index in [1.807, 2.05) is 18.4 Å². The number of hydrogen-bond acceptors (Lipinski definition) is 6. The van der Waals surface area contributed by atoms with Gasteiger partial charge in [0.15, 0.2) is 10.8 Å². The Bertz CT molecular complexity index is 850. The van der Waals surface area contributed by atoms with Crippen molar-refractivity contribution in [3.8, 4) is 0 Å². The van der Waals surface area contributed by atoms with Gasteiger partial charge in [0.1, 0.15) is 5.82 Å². The number of thioether (sulfide) groups is 1. The van der Waals surface area contributed by atoms with Crippen LogP contribution in [0.4, 0.5) is 5.82 Å². The number of aryl methyl sites for hydroxylation is 3. The number of anilines is 1. The molecule has 0 fully saturated rings. The predicted molar refractivity (Wildman–Crippen MR) is 99.6 cm³/mol. The maximum Gasteiger partial charge on any atom is 0.167 e. The van der Waals surface area contributed by atoms with Gasteiger partial charge in [0, 0.05) is 49.1 Å². The van der Waals surface area contributed by atoms with Gasteiger partial charge in [-0.25, -0.2) is 4.98 Å². The van der Waals surface area contributed by atoms with Crippen LogP contribution in [0.3, 0.4) is 0 Å². The summed E-state index contributed by atoms with van der Waals surface area (Å²) in [5.41, 5.74) is 5.48. The highest BCUT2D eigenvalue weighted by Gasteiger charge is 2.24. The maximum absolute atomic E-state index is 4.62. The van der Waals surface area contributed by atoms with Crippen molar-refractivity contribution in [2.75, 3.05) is 25.0 Å². The predicted octanol–water partition coefficient (Wildman–Crippen LogP) is 3.11. The molecule has 0 spiro atoms. The summed E-state index contributed by atoms with van der Waals surface area (Å²) in [6, 6.07) is 2.06. The van der Waals surface area contributed by atoms with Crippen LogP contribution in [0.15, 0.2) is 22.2 Å². The third kappa shape index (κ3) is 2.66. The molecule has 24 heavy (non-hydrogen) atoms. The second-order valence-corrected chi connectivity index (χ2v) is 7.14. The molecule has 0 saturated carbocycles. The molecule has 0 radical (unpaired) electrons. The lowest BCUT2D eigenvalue weighted by molar-refractivity contribution is 0.473. The molecule has 4 heterocycles. The van der Waals surface area contributed by atoms with E-state index in [1.165, 1.54) is 5.70 Å². The van der Waals surface area contributed by atoms with Crippen LogP contribution in [0.1, 0.15) is 29.8 Å². The summed E-state index contributed by atoms with van der Waals surface area (Å²) in [5.74, 6) is 1.01. The number of nitrogens with zero attached hydrogens (tertiary/aromatic N) is 5. The van der Waals surface area contributed by atoms with Crippen LogP contribution in [-0.2, 0) is 0 Å². The number of amidine groups is 1. The molecule has 6 nitrogen and oxygen atoms in total. The van der Waals surface area contributed by atoms with Gasteiger partial charge in [0.25, 0.3) is 0 Å². The van der Waals surface area contributed by atoms with Crippen LogP contribution in [0.2, 0.25) is 0 Å². The molecule has 0 saturated heterocycles. The fraction of sp³-hybridized carbons (Fsp3) is 0.471. The molecule has 126 valence electrons. The zero-order chi connectivity index (χ0) is 16.7. The van der Waals surface area contributed by atoms with Gasteiger partial charge in [-0.3, -0.25) is 4.99 Å². The van der Waals surface area contributed by atoms with Crippen LogP contribution in [0.5, 0.6) is 0 Å². The first-order chi connectivity index (χ1) is 11.6. The van der Waals surface area contributed by atoms with Crippen molar-refractivity contribution in [1.82, 2.24) is 19.5 Å². The van der Waals surface area contributed by atoms with Crippen LogP contribution in [-0.4, -0.2) is 44.3 Å². The molecule has 0 amide bonds. The second-order valence-electron chi connectivity index (χ2n) is 6.30. The normalized spacial score (nSPS) is 17.0. The SMILES string of the molecule is Cc1cc(NCCC2=CSC3=NCCCN23)n2nc(C)c(C)c2n1. The summed E-state index contributed by atoms with van der Waals surface area (Å²) in [6.45, 7) is 9.05. The van der Waals surface area contributed by atoms with Gasteiger partial charge < -0.3 is 10.2 Å². The van der Waals surface area contributed by atoms with Gasteiger partial charge in [-0.15, -0.1) is 0 Å². The average Bonchev–Trinajstić information content (AvgIpc) is 3.11. The molecule has 0 unspecified atom stereocenters. The molecule has 2 aromatic rings. The highest BCUT2D eigenvalue weighted by molar-refractivity contribution is 8.16. The Hall–Kier alpha value is -2.02. The molecule has 4 rings (SSSR count). The minimum absolute atomic E-state index is 0.868. The molecule has 0 aliphatic carbocycles. The molecule has 7 heteroatoms. The number of aliphatic imine (C=N–C) groups is 1. The van der Waals surface area contributed by atoms with Crippen molar-refractivity contribution in [3.05, 3.63) is 34.1 Å². The highest BCUT2D eigenvalue weighted by atomic mass is 32.2. The Morgan fingerprint density at radius 3 is 3.04 bits per heavy atom. The van der Waals surface area contributed by atoms with E-state index in [4.69, 9.17) is 0 Å². The standard InChI is InChI=1S/C17H22N6S/c1-11-9-15(23-16(20-11)12(2)13(3)21-23)18-7-5-14-10-24-17-19-6-4-8-22(14)17/h9-10,18H,4-8H2,1-3H3. The largest absolute Gasteiger partial charge is 0.370 e. The summed E-state index contributed by atoms with van der Waals surface area (Å²) in [7, 11) is 0. The van der Waals surface area contributed by atoms with Gasteiger partial charge in [-0.2, -0.15) is 9.61 Å². The molecule has 0 bridgehead atoms. The monoisotopic (exact) mass is 342 g/mol. The molecule has 2 aromatic heterocycles. The Kier molecular flexibility index (Phi) is 3.96. The van der Waals surface area contributed by atoms with E-state index in [-0.39, 0.29) is 0 Å². The van der Waals surface area contributed by atoms with Crippen molar-refractivity contribution in [1.29, 1.82) is 0 Å². The van der Waals surface area contributed by atoms with E-state index in [0.29, 0.717) is 0 Å². The molecule has 2 aliphatic heterocycles. The Morgan fingerprint density at radius 2 is 2.17 bits per heavy atom. The summed E-state index contributed by atoms with van der Waals surface area (Å²) < 4.78 is 1.92. The van der Waals surface area contributed by atoms with Crippen molar-refractivity contribution < 1.29 is 0 Å². The second kappa shape index (κ2) is 6.12. The van der Waals surface area contributed by atoms with Crippen LogP contribution in [0.25, 0.3) is 5.65 Å². The molecule has 1 N–H and O–H groups in total. The van der Waals surface area contributed by atoms with Crippen LogP contribution in [0, 0.1) is 20.8 Å². The van der Waals surface area contributed by atoms with Gasteiger partial charge in [-0.05, 0) is 32.6 Å². The zero-order valence-corrected chi connectivity index (χ0v) is 15.2. The average molecular weight is 342 g/mol. The van der Waals surface area contributed by atoms with E-state index in [9.17, 15) is 0 Å². The summed E-state index contributed by atoms with van der Waals surface area (Å²) in [6.07, 6.45) is 2.12. The fourth-order valence-corrected chi connectivity index (χ4v) is 4.11. The number of nitrogens with one attached hydrogen (secondary N) is 1. The smallest absolute Gasteiger partial charge is 0.167 e. The molecule has 2 aliphatic rings. The maximum atomic E-state index is 4.62. The summed E-state index contributed by atoms with van der Waals surface area (Å²) >= 11 is 1.75. The van der Waals surface area contributed by atoms with Crippen LogP contribution < -0.4 is 5.32 Å². The van der Waals surface area contributed by atoms with E-state index in [1.54, 1.807) is 11.8 Å². The lowest BCUT2D eigenvalue weighted by Crippen LogP contribution is -2.30. The lowest BCUT2D eigenvalue weighted by Gasteiger charge is -2.25. The quantitative estimate of drug-likeness (QED) is 0.925. The summed E-state index contributed by atoms with van der Waals surface area (Å²) in [4.78, 5) is 11.6. The van der Waals surface area contributed by atoms with E-state index < -0.39 is 0 Å². The van der Waals surface area contributed by atoms with Crippen LogP contribution >= 0.6 is 11.8 Å². The highest BCUT2D eigenvalue weighted by Crippen LogP contribution is 2.30. The van der Waals surface area contributed by atoms with E-state index in [0.717, 1.165) is 66.1 Å².